The van der Waals surface area contributed by atoms with Gasteiger partial charge in [-0.25, -0.2) is 0 Å². The highest BCUT2D eigenvalue weighted by Gasteiger charge is 2.44. The zero-order valence-electron chi connectivity index (χ0n) is 22.3. The molecule has 206 valence electrons. The highest BCUT2D eigenvalue weighted by atomic mass is 16.7. The third-order valence-electron chi connectivity index (χ3n) is 8.68. The summed E-state index contributed by atoms with van der Waals surface area (Å²) in [4.78, 5) is 55.8. The molecule has 0 bridgehead atoms. The predicted molar refractivity (Wildman–Crippen MR) is 140 cm³/mol. The molecule has 4 amide bonds. The van der Waals surface area contributed by atoms with Gasteiger partial charge in [-0.15, -0.1) is 0 Å². The van der Waals surface area contributed by atoms with Crippen molar-refractivity contribution >= 4 is 29.3 Å². The zero-order chi connectivity index (χ0) is 26.8. The molecule has 1 aromatic carbocycles. The Bertz CT molecular complexity index is 1070. The van der Waals surface area contributed by atoms with E-state index in [1.807, 2.05) is 6.07 Å². The molecule has 10 nitrogen and oxygen atoms in total. The Morgan fingerprint density at radius 3 is 2.18 bits per heavy atom. The number of carbonyl (C=O) groups excluding carboxylic acids is 4. The molecule has 0 aliphatic carbocycles. The Balaban J connectivity index is 1.13. The number of hydrogen-bond donors (Lipinski definition) is 1. The Labute approximate surface area is 223 Å². The summed E-state index contributed by atoms with van der Waals surface area (Å²) < 4.78 is 10.7. The SMILES string of the molecule is COC(CC1CCN(CC2CCN(c3ccc4c(c3)C(=O)N(C3CCC(=O)NC3=O)C4=O)CC2)CC1)OC. The van der Waals surface area contributed by atoms with Crippen LogP contribution in [0.15, 0.2) is 18.2 Å². The lowest BCUT2D eigenvalue weighted by atomic mass is 9.91. The van der Waals surface area contributed by atoms with E-state index in [4.69, 9.17) is 9.47 Å². The van der Waals surface area contributed by atoms with Crippen molar-refractivity contribution in [1.29, 1.82) is 0 Å². The molecule has 1 N–H and O–H groups in total. The van der Waals surface area contributed by atoms with Crippen molar-refractivity contribution in [1.82, 2.24) is 15.1 Å². The van der Waals surface area contributed by atoms with Crippen molar-refractivity contribution < 1.29 is 28.7 Å². The molecule has 3 saturated heterocycles. The summed E-state index contributed by atoms with van der Waals surface area (Å²) in [7, 11) is 3.40. The summed E-state index contributed by atoms with van der Waals surface area (Å²) in [6.07, 6.45) is 5.66. The number of benzene rings is 1. The van der Waals surface area contributed by atoms with Gasteiger partial charge in [0.15, 0.2) is 6.29 Å². The van der Waals surface area contributed by atoms with Gasteiger partial charge >= 0.3 is 0 Å². The molecule has 1 aromatic rings. The number of ether oxygens (including phenoxy) is 2. The maximum Gasteiger partial charge on any atom is 0.262 e. The summed E-state index contributed by atoms with van der Waals surface area (Å²) in [5.41, 5.74) is 1.59. The fourth-order valence-electron chi connectivity index (χ4n) is 6.36. The molecule has 0 aromatic heterocycles. The van der Waals surface area contributed by atoms with Crippen LogP contribution >= 0.6 is 0 Å². The quantitative estimate of drug-likeness (QED) is 0.405. The number of nitrogens with zero attached hydrogens (tertiary/aromatic N) is 3. The van der Waals surface area contributed by atoms with Gasteiger partial charge in [-0.1, -0.05) is 0 Å². The van der Waals surface area contributed by atoms with Gasteiger partial charge in [-0.3, -0.25) is 29.4 Å². The van der Waals surface area contributed by atoms with Crippen molar-refractivity contribution in [2.75, 3.05) is 51.8 Å². The van der Waals surface area contributed by atoms with Gasteiger partial charge in [0.2, 0.25) is 11.8 Å². The molecular formula is C28H38N4O6. The molecule has 0 spiro atoms. The molecule has 0 saturated carbocycles. The van der Waals surface area contributed by atoms with Crippen molar-refractivity contribution in [2.24, 2.45) is 11.8 Å². The average molecular weight is 527 g/mol. The van der Waals surface area contributed by atoms with Crippen molar-refractivity contribution in [3.63, 3.8) is 0 Å². The second-order valence-electron chi connectivity index (χ2n) is 11.0. The largest absolute Gasteiger partial charge is 0.371 e. The first kappa shape index (κ1) is 26.8. The third-order valence-corrected chi connectivity index (χ3v) is 8.68. The first-order chi connectivity index (χ1) is 18.4. The number of anilines is 1. The number of amides is 4. The molecule has 1 unspecified atom stereocenters. The van der Waals surface area contributed by atoms with E-state index in [1.165, 1.54) is 12.8 Å². The van der Waals surface area contributed by atoms with E-state index in [-0.39, 0.29) is 25.0 Å². The summed E-state index contributed by atoms with van der Waals surface area (Å²) in [5.74, 6) is -0.584. The lowest BCUT2D eigenvalue weighted by Gasteiger charge is -2.38. The van der Waals surface area contributed by atoms with Gasteiger partial charge in [0.1, 0.15) is 6.04 Å². The molecule has 38 heavy (non-hydrogen) atoms. The first-order valence-corrected chi connectivity index (χ1v) is 13.8. The van der Waals surface area contributed by atoms with Crippen LogP contribution < -0.4 is 10.2 Å². The van der Waals surface area contributed by atoms with Crippen LogP contribution in [0.3, 0.4) is 0 Å². The molecule has 10 heteroatoms. The fraction of sp³-hybridized carbons (Fsp3) is 0.643. The van der Waals surface area contributed by atoms with E-state index < -0.39 is 23.8 Å². The monoisotopic (exact) mass is 526 g/mol. The second-order valence-corrected chi connectivity index (χ2v) is 11.0. The normalized spacial score (nSPS) is 23.9. The highest BCUT2D eigenvalue weighted by Crippen LogP contribution is 2.33. The van der Waals surface area contributed by atoms with Crippen LogP contribution in [0.2, 0.25) is 0 Å². The third kappa shape index (κ3) is 5.48. The fourth-order valence-corrected chi connectivity index (χ4v) is 6.36. The van der Waals surface area contributed by atoms with Crippen LogP contribution in [0.1, 0.15) is 65.7 Å². The molecule has 4 aliphatic rings. The smallest absolute Gasteiger partial charge is 0.262 e. The zero-order valence-corrected chi connectivity index (χ0v) is 22.3. The van der Waals surface area contributed by atoms with Crippen LogP contribution in [0.25, 0.3) is 0 Å². The Kier molecular flexibility index (Phi) is 8.11. The predicted octanol–water partition coefficient (Wildman–Crippen LogP) is 2.03. The van der Waals surface area contributed by atoms with Gasteiger partial charge in [-0.05, 0) is 75.2 Å². The molecular weight excluding hydrogens is 488 g/mol. The minimum atomic E-state index is -0.939. The van der Waals surface area contributed by atoms with Gasteiger partial charge in [0, 0.05) is 52.4 Å². The van der Waals surface area contributed by atoms with Crippen molar-refractivity contribution in [3.8, 4) is 0 Å². The van der Waals surface area contributed by atoms with Crippen molar-refractivity contribution in [3.05, 3.63) is 29.3 Å². The number of imide groups is 2. The molecule has 0 radical (unpaired) electrons. The van der Waals surface area contributed by atoms with Crippen molar-refractivity contribution in [2.45, 2.75) is 57.3 Å². The van der Waals surface area contributed by atoms with E-state index >= 15 is 0 Å². The Morgan fingerprint density at radius 2 is 1.53 bits per heavy atom. The average Bonchev–Trinajstić information content (AvgIpc) is 3.17. The number of methoxy groups -OCH3 is 2. The number of hydrogen-bond acceptors (Lipinski definition) is 8. The molecule has 5 rings (SSSR count). The summed E-state index contributed by atoms with van der Waals surface area (Å²) in [5, 5.41) is 2.24. The maximum absolute atomic E-state index is 13.2. The van der Waals surface area contributed by atoms with Gasteiger partial charge < -0.3 is 19.3 Å². The minimum Gasteiger partial charge on any atom is -0.371 e. The number of fused-ring (bicyclic) bond motifs is 1. The summed E-state index contributed by atoms with van der Waals surface area (Å²) in [6.45, 7) is 5.17. The number of carbonyl (C=O) groups is 4. The number of likely N-dealkylation sites (tertiary alicyclic amines) is 1. The van der Waals surface area contributed by atoms with E-state index in [0.29, 0.717) is 23.0 Å². The molecule has 1 atom stereocenters. The Morgan fingerprint density at radius 1 is 0.868 bits per heavy atom. The lowest BCUT2D eigenvalue weighted by Crippen LogP contribution is -2.54. The van der Waals surface area contributed by atoms with E-state index in [2.05, 4.69) is 15.1 Å². The molecule has 4 aliphatic heterocycles. The van der Waals surface area contributed by atoms with Crippen LogP contribution in [0, 0.1) is 11.8 Å². The maximum atomic E-state index is 13.2. The summed E-state index contributed by atoms with van der Waals surface area (Å²) >= 11 is 0. The minimum absolute atomic E-state index is 0.107. The lowest BCUT2D eigenvalue weighted by molar-refractivity contribution is -0.136. The van der Waals surface area contributed by atoms with Crippen LogP contribution in [-0.4, -0.2) is 92.7 Å². The van der Waals surface area contributed by atoms with E-state index in [9.17, 15) is 19.2 Å². The van der Waals surface area contributed by atoms with Crippen LogP contribution in [0.4, 0.5) is 5.69 Å². The van der Waals surface area contributed by atoms with Gasteiger partial charge in [0.25, 0.3) is 11.8 Å². The topological polar surface area (TPSA) is 108 Å². The van der Waals surface area contributed by atoms with E-state index in [1.54, 1.807) is 26.4 Å². The standard InChI is InChI=1S/C28H38N4O6/c1-37-25(38-2)15-18-7-11-30(12-8-18)17-19-9-13-31(14-10-19)20-3-4-21-22(16-20)28(36)32(27(21)35)23-5-6-24(33)29-26(23)34/h3-4,16,18-19,23,25H,5-15,17H2,1-2H3,(H,29,33,34). The molecule has 3 fully saturated rings. The van der Waals surface area contributed by atoms with E-state index in [0.717, 1.165) is 62.6 Å². The molecule has 4 heterocycles. The summed E-state index contributed by atoms with van der Waals surface area (Å²) in [6, 6.07) is 4.45. The van der Waals surface area contributed by atoms with Crippen LogP contribution in [0.5, 0.6) is 0 Å². The number of rotatable bonds is 8. The highest BCUT2D eigenvalue weighted by molar-refractivity contribution is 6.23. The Hall–Kier alpha value is -2.82. The van der Waals surface area contributed by atoms with Gasteiger partial charge in [-0.2, -0.15) is 0 Å². The number of nitrogens with one attached hydrogen (secondary N) is 1. The van der Waals surface area contributed by atoms with Gasteiger partial charge in [0.05, 0.1) is 11.1 Å². The number of piperidine rings is 3. The first-order valence-electron chi connectivity index (χ1n) is 13.8. The second kappa shape index (κ2) is 11.5. The van der Waals surface area contributed by atoms with Crippen LogP contribution in [-0.2, 0) is 19.1 Å².